The van der Waals surface area contributed by atoms with E-state index in [4.69, 9.17) is 9.72 Å². The standard InChI is InChI=1S/C18H26N4O3/c1-18(2,3)25-17(24)19-10-14-16(22-8-5-12(23)11-22)9-15-13(20-14)6-7-21(15)4/h6-7,9,12,23H,5,8,10-11H2,1-4H3,(H,19,24). The smallest absolute Gasteiger partial charge is 0.407 e. The van der Waals surface area contributed by atoms with Crippen LogP contribution in [0.1, 0.15) is 32.9 Å². The number of alkyl carbamates (subject to hydrolysis) is 1. The van der Waals surface area contributed by atoms with Crippen molar-refractivity contribution in [2.45, 2.75) is 45.4 Å². The first-order valence-electron chi connectivity index (χ1n) is 8.58. The fourth-order valence-electron chi connectivity index (χ4n) is 3.05. The minimum Gasteiger partial charge on any atom is -0.444 e. The summed E-state index contributed by atoms with van der Waals surface area (Å²) in [4.78, 5) is 18.8. The van der Waals surface area contributed by atoms with Gasteiger partial charge >= 0.3 is 6.09 Å². The predicted octanol–water partition coefficient (Wildman–Crippen LogP) is 2.17. The molecule has 7 heteroatoms. The fraction of sp³-hybridized carbons (Fsp3) is 0.556. The molecule has 1 aliphatic rings. The van der Waals surface area contributed by atoms with Gasteiger partial charge in [0.15, 0.2) is 0 Å². The molecule has 1 atom stereocenters. The molecule has 0 aliphatic carbocycles. The highest BCUT2D eigenvalue weighted by molar-refractivity contribution is 5.81. The molecular formula is C18H26N4O3. The van der Waals surface area contributed by atoms with Gasteiger partial charge in [-0.2, -0.15) is 0 Å². The van der Waals surface area contributed by atoms with Crippen LogP contribution in [0.25, 0.3) is 11.0 Å². The molecule has 0 saturated carbocycles. The topological polar surface area (TPSA) is 79.6 Å². The van der Waals surface area contributed by atoms with E-state index in [1.807, 2.05) is 44.6 Å². The normalized spacial score (nSPS) is 18.0. The van der Waals surface area contributed by atoms with E-state index in [0.29, 0.717) is 6.54 Å². The first-order chi connectivity index (χ1) is 11.7. The molecule has 0 bridgehead atoms. The number of anilines is 1. The van der Waals surface area contributed by atoms with Gasteiger partial charge in [0.25, 0.3) is 0 Å². The number of aliphatic hydroxyl groups excluding tert-OH is 1. The van der Waals surface area contributed by atoms with Crippen LogP contribution in [-0.2, 0) is 18.3 Å². The molecule has 1 aliphatic heterocycles. The first kappa shape index (κ1) is 17.5. The Hall–Kier alpha value is -2.28. The Bertz CT molecular complexity index is 778. The molecule has 1 saturated heterocycles. The van der Waals surface area contributed by atoms with Crippen LogP contribution in [0, 0.1) is 0 Å². The van der Waals surface area contributed by atoms with Crippen LogP contribution in [0.5, 0.6) is 0 Å². The highest BCUT2D eigenvalue weighted by Gasteiger charge is 2.24. The maximum atomic E-state index is 12.0. The minimum atomic E-state index is -0.539. The van der Waals surface area contributed by atoms with Gasteiger partial charge in [0.05, 0.1) is 35.1 Å². The van der Waals surface area contributed by atoms with Gasteiger partial charge in [-0.25, -0.2) is 9.78 Å². The van der Waals surface area contributed by atoms with Crippen molar-refractivity contribution >= 4 is 22.8 Å². The lowest BCUT2D eigenvalue weighted by molar-refractivity contribution is 0.0523. The summed E-state index contributed by atoms with van der Waals surface area (Å²) < 4.78 is 7.32. The number of hydrogen-bond acceptors (Lipinski definition) is 5. The molecule has 2 aromatic heterocycles. The van der Waals surface area contributed by atoms with Gasteiger partial charge in [-0.05, 0) is 39.3 Å². The Morgan fingerprint density at radius 2 is 2.24 bits per heavy atom. The molecule has 7 nitrogen and oxygen atoms in total. The van der Waals surface area contributed by atoms with Gasteiger partial charge in [-0.15, -0.1) is 0 Å². The molecule has 3 heterocycles. The van der Waals surface area contributed by atoms with Crippen molar-refractivity contribution in [1.82, 2.24) is 14.9 Å². The Labute approximate surface area is 147 Å². The summed E-state index contributed by atoms with van der Waals surface area (Å²) in [6.45, 7) is 7.13. The van der Waals surface area contributed by atoms with Crippen molar-refractivity contribution in [3.63, 3.8) is 0 Å². The molecule has 3 rings (SSSR count). The number of nitrogens with one attached hydrogen (secondary N) is 1. The maximum Gasteiger partial charge on any atom is 0.407 e. The third kappa shape index (κ3) is 4.04. The van der Waals surface area contributed by atoms with E-state index in [1.165, 1.54) is 0 Å². The lowest BCUT2D eigenvalue weighted by atomic mass is 10.2. The molecule has 0 spiro atoms. The largest absolute Gasteiger partial charge is 0.444 e. The SMILES string of the molecule is Cn1ccc2nc(CNC(=O)OC(C)(C)C)c(N3CCC(O)C3)cc21. The average molecular weight is 346 g/mol. The van der Waals surface area contributed by atoms with Crippen LogP contribution in [0.15, 0.2) is 18.3 Å². The quantitative estimate of drug-likeness (QED) is 0.890. The van der Waals surface area contributed by atoms with Crippen LogP contribution in [0.2, 0.25) is 0 Å². The third-order valence-corrected chi connectivity index (χ3v) is 4.23. The lowest BCUT2D eigenvalue weighted by Crippen LogP contribution is -2.33. The summed E-state index contributed by atoms with van der Waals surface area (Å²) in [6, 6.07) is 4.03. The number of amides is 1. The van der Waals surface area contributed by atoms with Crippen LogP contribution >= 0.6 is 0 Å². The van der Waals surface area contributed by atoms with Crippen molar-refractivity contribution < 1.29 is 14.6 Å². The Kier molecular flexibility index (Phi) is 4.60. The van der Waals surface area contributed by atoms with Gasteiger partial charge in [0.2, 0.25) is 0 Å². The number of aromatic nitrogens is 2. The molecular weight excluding hydrogens is 320 g/mol. The summed E-state index contributed by atoms with van der Waals surface area (Å²) in [6.07, 6.45) is 1.92. The zero-order valence-corrected chi connectivity index (χ0v) is 15.2. The van der Waals surface area contributed by atoms with E-state index in [0.717, 1.165) is 35.4 Å². The number of aliphatic hydroxyl groups is 1. The fourth-order valence-corrected chi connectivity index (χ4v) is 3.05. The maximum absolute atomic E-state index is 12.0. The molecule has 1 fully saturated rings. The highest BCUT2D eigenvalue weighted by Crippen LogP contribution is 2.28. The van der Waals surface area contributed by atoms with E-state index in [9.17, 15) is 9.90 Å². The molecule has 1 unspecified atom stereocenters. The van der Waals surface area contributed by atoms with Crippen molar-refractivity contribution in [2.24, 2.45) is 7.05 Å². The van der Waals surface area contributed by atoms with Crippen LogP contribution in [-0.4, -0.2) is 45.5 Å². The summed E-state index contributed by atoms with van der Waals surface area (Å²) in [5.41, 5.74) is 3.09. The van der Waals surface area contributed by atoms with E-state index in [2.05, 4.69) is 16.3 Å². The molecule has 1 amide bonds. The molecule has 2 N–H and O–H groups in total. The average Bonchev–Trinajstić information content (AvgIpc) is 3.09. The molecule has 0 aromatic carbocycles. The van der Waals surface area contributed by atoms with Crippen molar-refractivity contribution in [1.29, 1.82) is 0 Å². The highest BCUT2D eigenvalue weighted by atomic mass is 16.6. The number of β-amino-alcohol motifs (C(OH)–C–C–N with tert-alkyl or cyclic N) is 1. The molecule has 25 heavy (non-hydrogen) atoms. The third-order valence-electron chi connectivity index (χ3n) is 4.23. The van der Waals surface area contributed by atoms with Gasteiger partial charge < -0.3 is 24.6 Å². The zero-order chi connectivity index (χ0) is 18.2. The molecule has 2 aromatic rings. The Morgan fingerprint density at radius 3 is 2.88 bits per heavy atom. The van der Waals surface area contributed by atoms with Crippen molar-refractivity contribution in [2.75, 3.05) is 18.0 Å². The van der Waals surface area contributed by atoms with Crippen LogP contribution < -0.4 is 10.2 Å². The van der Waals surface area contributed by atoms with E-state index in [-0.39, 0.29) is 12.6 Å². The van der Waals surface area contributed by atoms with Gasteiger partial charge in [-0.1, -0.05) is 0 Å². The molecule has 0 radical (unpaired) electrons. The second kappa shape index (κ2) is 6.55. The number of fused-ring (bicyclic) bond motifs is 1. The monoisotopic (exact) mass is 346 g/mol. The number of nitrogens with zero attached hydrogens (tertiary/aromatic N) is 3. The number of aryl methyl sites for hydroxylation is 1. The summed E-state index contributed by atoms with van der Waals surface area (Å²) in [5, 5.41) is 12.7. The summed E-state index contributed by atoms with van der Waals surface area (Å²) in [7, 11) is 1.98. The molecule has 136 valence electrons. The number of carbonyl (C=O) groups is 1. The number of hydrogen-bond donors (Lipinski definition) is 2. The summed E-state index contributed by atoms with van der Waals surface area (Å²) >= 11 is 0. The van der Waals surface area contributed by atoms with Crippen LogP contribution in [0.3, 0.4) is 0 Å². The van der Waals surface area contributed by atoms with E-state index >= 15 is 0 Å². The van der Waals surface area contributed by atoms with Crippen LogP contribution in [0.4, 0.5) is 10.5 Å². The first-order valence-corrected chi connectivity index (χ1v) is 8.58. The number of rotatable bonds is 3. The van der Waals surface area contributed by atoms with E-state index < -0.39 is 11.7 Å². The van der Waals surface area contributed by atoms with Crippen molar-refractivity contribution in [3.8, 4) is 0 Å². The second-order valence-corrected chi connectivity index (χ2v) is 7.53. The van der Waals surface area contributed by atoms with Crippen molar-refractivity contribution in [3.05, 3.63) is 24.0 Å². The Balaban J connectivity index is 1.86. The van der Waals surface area contributed by atoms with Gasteiger partial charge in [0.1, 0.15) is 5.60 Å². The number of pyridine rings is 1. The second-order valence-electron chi connectivity index (χ2n) is 7.53. The minimum absolute atomic E-state index is 0.279. The van der Waals surface area contributed by atoms with Gasteiger partial charge in [0, 0.05) is 26.3 Å². The number of carbonyl (C=O) groups excluding carboxylic acids is 1. The van der Waals surface area contributed by atoms with Gasteiger partial charge in [-0.3, -0.25) is 0 Å². The lowest BCUT2D eigenvalue weighted by Gasteiger charge is -2.23. The zero-order valence-electron chi connectivity index (χ0n) is 15.2. The summed E-state index contributed by atoms with van der Waals surface area (Å²) in [5.74, 6) is 0. The number of ether oxygens (including phenoxy) is 1. The van der Waals surface area contributed by atoms with E-state index in [1.54, 1.807) is 0 Å². The Morgan fingerprint density at radius 1 is 1.48 bits per heavy atom. The predicted molar refractivity (Wildman–Crippen MR) is 96.6 cm³/mol.